The molecule has 7 heteroatoms. The van der Waals surface area contributed by atoms with Gasteiger partial charge in [0, 0.05) is 7.05 Å². The third-order valence-corrected chi connectivity index (χ3v) is 2.74. The Morgan fingerprint density at radius 2 is 2.24 bits per heavy atom. The fraction of sp³-hybridized carbons (Fsp3) is 0.700. The Morgan fingerprint density at radius 3 is 2.65 bits per heavy atom. The monoisotopic (exact) mass is 242 g/mol. The lowest BCUT2D eigenvalue weighted by atomic mass is 9.83. The first-order valence-corrected chi connectivity index (χ1v) is 5.28. The minimum absolute atomic E-state index is 0.0226. The van der Waals surface area contributed by atoms with E-state index in [2.05, 4.69) is 15.1 Å². The zero-order valence-electron chi connectivity index (χ0n) is 10.7. The second kappa shape index (κ2) is 4.80. The first-order chi connectivity index (χ1) is 7.91. The highest BCUT2D eigenvalue weighted by atomic mass is 16.6. The van der Waals surface area contributed by atoms with Gasteiger partial charge in [-0.05, 0) is 12.8 Å². The molecule has 1 unspecified atom stereocenters. The predicted octanol–water partition coefficient (Wildman–Crippen LogP) is 0.210. The normalized spacial score (nSPS) is 25.6. The van der Waals surface area contributed by atoms with Crippen molar-refractivity contribution in [2.45, 2.75) is 26.3 Å². The second-order valence-electron chi connectivity index (χ2n) is 4.19. The van der Waals surface area contributed by atoms with Gasteiger partial charge >= 0.3 is 0 Å². The molecule has 96 valence electrons. The van der Waals surface area contributed by atoms with Crippen LogP contribution in [0.1, 0.15) is 20.8 Å². The van der Waals surface area contributed by atoms with Crippen molar-refractivity contribution >= 4 is 17.3 Å². The summed E-state index contributed by atoms with van der Waals surface area (Å²) in [7, 11) is 2.91. The Hall–Kier alpha value is -1.47. The molecule has 0 fully saturated rings. The fourth-order valence-corrected chi connectivity index (χ4v) is 1.91. The van der Waals surface area contributed by atoms with Crippen molar-refractivity contribution in [2.75, 3.05) is 14.2 Å². The molecule has 1 atom stereocenters. The van der Waals surface area contributed by atoms with Crippen LogP contribution >= 0.6 is 0 Å². The average molecular weight is 242 g/mol. The van der Waals surface area contributed by atoms with E-state index in [1.807, 2.05) is 19.3 Å². The summed E-state index contributed by atoms with van der Waals surface area (Å²) in [5, 5.41) is 18.5. The zero-order valence-corrected chi connectivity index (χ0v) is 10.7. The van der Waals surface area contributed by atoms with Crippen molar-refractivity contribution in [3.63, 3.8) is 0 Å². The van der Waals surface area contributed by atoms with Crippen LogP contribution in [0, 0.1) is 5.92 Å². The molecule has 0 aromatic heterocycles. The van der Waals surface area contributed by atoms with E-state index >= 15 is 0 Å². The summed E-state index contributed by atoms with van der Waals surface area (Å²) in [5.41, 5.74) is 1.44. The molecule has 0 bridgehead atoms. The van der Waals surface area contributed by atoms with E-state index in [0.717, 1.165) is 0 Å². The summed E-state index contributed by atoms with van der Waals surface area (Å²) in [6.45, 7) is 5.37. The van der Waals surface area contributed by atoms with E-state index in [4.69, 9.17) is 0 Å². The second-order valence-corrected chi connectivity index (χ2v) is 4.19. The Kier molecular flexibility index (Phi) is 3.84. The quantitative estimate of drug-likeness (QED) is 0.545. The number of rotatable bonds is 4. The number of hydrogen-bond acceptors (Lipinski definition) is 6. The summed E-state index contributed by atoms with van der Waals surface area (Å²) >= 11 is 0. The predicted molar refractivity (Wildman–Crippen MR) is 62.8 cm³/mol. The molecule has 0 radical (unpaired) electrons. The highest BCUT2D eigenvalue weighted by molar-refractivity contribution is 6.33. The van der Waals surface area contributed by atoms with Crippen molar-refractivity contribution in [1.29, 1.82) is 0 Å². The number of likely N-dealkylation sites (N-methyl/N-ethyl adjacent to an activating group) is 1. The van der Waals surface area contributed by atoms with Gasteiger partial charge in [-0.3, -0.25) is 4.79 Å². The minimum Gasteiger partial charge on any atom is -0.399 e. The van der Waals surface area contributed by atoms with Crippen LogP contribution in [0.2, 0.25) is 0 Å². The van der Waals surface area contributed by atoms with E-state index < -0.39 is 5.54 Å². The number of nitrogens with zero attached hydrogens (tertiary/aromatic N) is 3. The van der Waals surface area contributed by atoms with Crippen molar-refractivity contribution in [3.8, 4) is 0 Å². The van der Waals surface area contributed by atoms with Crippen molar-refractivity contribution in [2.24, 2.45) is 16.2 Å². The molecule has 2 N–H and O–H groups in total. The number of amides is 1. The van der Waals surface area contributed by atoms with Gasteiger partial charge in [0.25, 0.3) is 5.91 Å². The molecule has 0 saturated carbocycles. The number of oxime groups is 1. The van der Waals surface area contributed by atoms with E-state index in [9.17, 15) is 10.0 Å². The Bertz CT molecular complexity index is 378. The molecular weight excluding hydrogens is 224 g/mol. The highest BCUT2D eigenvalue weighted by Gasteiger charge is 2.53. The number of nitrogens with one attached hydrogen (secondary N) is 1. The van der Waals surface area contributed by atoms with Gasteiger partial charge in [-0.1, -0.05) is 19.0 Å². The van der Waals surface area contributed by atoms with E-state index in [-0.39, 0.29) is 11.8 Å². The van der Waals surface area contributed by atoms with Gasteiger partial charge in [-0.15, -0.1) is 0 Å². The van der Waals surface area contributed by atoms with E-state index in [1.54, 1.807) is 6.92 Å². The van der Waals surface area contributed by atoms with Crippen molar-refractivity contribution in [1.82, 2.24) is 10.5 Å². The fourth-order valence-electron chi connectivity index (χ4n) is 1.91. The number of carbonyl (C=O) groups is 1. The van der Waals surface area contributed by atoms with Crippen LogP contribution in [0.15, 0.2) is 10.3 Å². The largest absolute Gasteiger partial charge is 0.399 e. The Balaban J connectivity index is 3.34. The van der Waals surface area contributed by atoms with Crippen LogP contribution in [-0.4, -0.2) is 47.2 Å². The van der Waals surface area contributed by atoms with Crippen LogP contribution in [0.5, 0.6) is 0 Å². The van der Waals surface area contributed by atoms with Crippen LogP contribution in [0.3, 0.4) is 0 Å². The summed E-state index contributed by atoms with van der Waals surface area (Å²) in [4.78, 5) is 16.8. The molecule has 1 heterocycles. The summed E-state index contributed by atoms with van der Waals surface area (Å²) in [6, 6.07) is 0. The molecule has 0 aromatic carbocycles. The number of hydrogen-bond donors (Lipinski definition) is 2. The van der Waals surface area contributed by atoms with Gasteiger partial charge in [0.05, 0.1) is 11.4 Å². The zero-order chi connectivity index (χ0) is 13.2. The van der Waals surface area contributed by atoms with E-state index in [0.29, 0.717) is 11.4 Å². The lowest BCUT2D eigenvalue weighted by Gasteiger charge is -2.27. The molecule has 0 aliphatic carbocycles. The molecule has 1 rings (SSSR count). The lowest BCUT2D eigenvalue weighted by Crippen LogP contribution is -2.62. The minimum atomic E-state index is -1.42. The summed E-state index contributed by atoms with van der Waals surface area (Å²) < 4.78 is 0. The lowest BCUT2D eigenvalue weighted by molar-refractivity contribution is -0.133. The van der Waals surface area contributed by atoms with Gasteiger partial charge < -0.3 is 10.0 Å². The Morgan fingerprint density at radius 1 is 1.65 bits per heavy atom. The maximum absolute atomic E-state index is 12.1. The van der Waals surface area contributed by atoms with Crippen LogP contribution in [0.4, 0.5) is 0 Å². The topological polar surface area (TPSA) is 86.5 Å². The molecular formula is C10H18N4O3. The molecule has 0 aromatic rings. The molecule has 1 amide bonds. The number of carbonyl (C=O) groups excluding carboxylic acids is 1. The highest BCUT2D eigenvalue weighted by Crippen LogP contribution is 2.25. The first kappa shape index (κ1) is 13.6. The molecule has 0 spiro atoms. The van der Waals surface area contributed by atoms with Gasteiger partial charge in [0.1, 0.15) is 7.11 Å². The van der Waals surface area contributed by atoms with Crippen LogP contribution < -0.4 is 5.48 Å². The van der Waals surface area contributed by atoms with Gasteiger partial charge in [0.15, 0.2) is 0 Å². The number of hydroxylamine groups is 1. The summed E-state index contributed by atoms with van der Waals surface area (Å²) in [5.74, 6) is -0.410. The average Bonchev–Trinajstić information content (AvgIpc) is 2.53. The van der Waals surface area contributed by atoms with Gasteiger partial charge in [-0.2, -0.15) is 10.6 Å². The molecule has 1 aliphatic heterocycles. The van der Waals surface area contributed by atoms with Crippen molar-refractivity contribution in [3.05, 3.63) is 0 Å². The first-order valence-electron chi connectivity index (χ1n) is 5.28. The van der Waals surface area contributed by atoms with Crippen LogP contribution in [-0.2, 0) is 9.63 Å². The third kappa shape index (κ3) is 1.91. The Labute approximate surface area is 100 Å². The third-order valence-electron chi connectivity index (χ3n) is 2.74. The van der Waals surface area contributed by atoms with Crippen molar-refractivity contribution < 1.29 is 14.8 Å². The maximum Gasteiger partial charge on any atom is 0.276 e. The molecule has 0 saturated heterocycles. The van der Waals surface area contributed by atoms with Gasteiger partial charge in [0.2, 0.25) is 5.54 Å². The van der Waals surface area contributed by atoms with Gasteiger partial charge in [-0.25, -0.2) is 5.01 Å². The SMILES string of the molecule is CO/N=C(\C)C1(NO)C(=O)N(C)N=C1C(C)C. The standard InChI is InChI=1S/C10H18N4O3/c1-6(2)8-10(13-16,7(3)12-17-5)9(15)14(4)11-8/h6,13,16H,1-5H3/b12-7+. The molecule has 17 heavy (non-hydrogen) atoms. The summed E-state index contributed by atoms with van der Waals surface area (Å²) in [6.07, 6.45) is 0. The van der Waals surface area contributed by atoms with Crippen LogP contribution in [0.25, 0.3) is 0 Å². The smallest absolute Gasteiger partial charge is 0.276 e. The number of hydrazone groups is 1. The maximum atomic E-state index is 12.1. The molecule has 1 aliphatic rings. The molecule has 7 nitrogen and oxygen atoms in total. The van der Waals surface area contributed by atoms with E-state index in [1.165, 1.54) is 19.2 Å².